The number of hydrogen-bond acceptors (Lipinski definition) is 4. The molecule has 5 heteroatoms. The van der Waals surface area contributed by atoms with Crippen LogP contribution in [0.15, 0.2) is 18.2 Å². The van der Waals surface area contributed by atoms with Crippen molar-refractivity contribution in [3.05, 3.63) is 23.8 Å². The number of methoxy groups -OCH3 is 1. The number of carbonyl (C=O) groups is 1. The van der Waals surface area contributed by atoms with Gasteiger partial charge in [0.1, 0.15) is 0 Å². The molecule has 0 spiro atoms. The lowest BCUT2D eigenvalue weighted by Crippen LogP contribution is -2.45. The molecule has 2 rings (SSSR count). The molecule has 5 nitrogen and oxygen atoms in total. The second kappa shape index (κ2) is 5.93. The van der Waals surface area contributed by atoms with Gasteiger partial charge in [0.2, 0.25) is 0 Å². The maximum atomic E-state index is 12.4. The van der Waals surface area contributed by atoms with Crippen LogP contribution in [0.5, 0.6) is 11.5 Å². The Balaban J connectivity index is 2.18. The van der Waals surface area contributed by atoms with E-state index in [-0.39, 0.29) is 24.3 Å². The smallest absolute Gasteiger partial charge is 0.254 e. The molecule has 0 aliphatic heterocycles. The van der Waals surface area contributed by atoms with Crippen LogP contribution in [0.1, 0.15) is 29.6 Å². The third kappa shape index (κ3) is 2.81. The summed E-state index contributed by atoms with van der Waals surface area (Å²) in [7, 11) is 1.46. The third-order valence-corrected chi connectivity index (χ3v) is 3.54. The summed E-state index contributed by atoms with van der Waals surface area (Å²) in [6.45, 7) is 0.278. The molecule has 0 heterocycles. The number of ether oxygens (including phenoxy) is 1. The summed E-state index contributed by atoms with van der Waals surface area (Å²) in [6.07, 6.45) is 3.08. The second-order valence-corrected chi connectivity index (χ2v) is 4.69. The van der Waals surface area contributed by atoms with Crippen LogP contribution in [0.4, 0.5) is 0 Å². The number of rotatable bonds is 5. The molecule has 0 saturated heterocycles. The lowest BCUT2D eigenvalue weighted by Gasteiger charge is -2.37. The fourth-order valence-corrected chi connectivity index (χ4v) is 2.24. The minimum absolute atomic E-state index is 0.0501. The minimum Gasteiger partial charge on any atom is -0.504 e. The quantitative estimate of drug-likeness (QED) is 0.844. The van der Waals surface area contributed by atoms with E-state index in [4.69, 9.17) is 9.84 Å². The number of aliphatic hydroxyl groups is 1. The monoisotopic (exact) mass is 265 g/mol. The summed E-state index contributed by atoms with van der Waals surface area (Å²) < 4.78 is 4.95. The first-order valence-electron chi connectivity index (χ1n) is 6.46. The first-order chi connectivity index (χ1) is 9.17. The molecular weight excluding hydrogens is 246 g/mol. The molecule has 1 aliphatic carbocycles. The zero-order valence-electron chi connectivity index (χ0n) is 11.0. The zero-order chi connectivity index (χ0) is 13.8. The summed E-state index contributed by atoms with van der Waals surface area (Å²) in [5.74, 6) is 0.136. The molecule has 19 heavy (non-hydrogen) atoms. The van der Waals surface area contributed by atoms with Crippen LogP contribution >= 0.6 is 0 Å². The van der Waals surface area contributed by atoms with E-state index in [2.05, 4.69) is 0 Å². The van der Waals surface area contributed by atoms with E-state index in [1.165, 1.54) is 13.2 Å². The Kier molecular flexibility index (Phi) is 4.27. The van der Waals surface area contributed by atoms with E-state index in [1.807, 2.05) is 0 Å². The number of aliphatic hydroxyl groups excluding tert-OH is 1. The van der Waals surface area contributed by atoms with Gasteiger partial charge < -0.3 is 19.8 Å². The average Bonchev–Trinajstić information content (AvgIpc) is 2.35. The molecular formula is C14H19NO4. The Hall–Kier alpha value is -1.75. The van der Waals surface area contributed by atoms with Gasteiger partial charge in [-0.1, -0.05) is 0 Å². The molecule has 1 amide bonds. The fourth-order valence-electron chi connectivity index (χ4n) is 2.24. The number of benzene rings is 1. The predicted molar refractivity (Wildman–Crippen MR) is 70.4 cm³/mol. The summed E-state index contributed by atoms with van der Waals surface area (Å²) >= 11 is 0. The second-order valence-electron chi connectivity index (χ2n) is 4.69. The lowest BCUT2D eigenvalue weighted by atomic mass is 9.91. The van der Waals surface area contributed by atoms with Crippen molar-refractivity contribution in [2.24, 2.45) is 0 Å². The molecule has 1 fully saturated rings. The first kappa shape index (κ1) is 13.7. The Morgan fingerprint density at radius 2 is 2.21 bits per heavy atom. The van der Waals surface area contributed by atoms with E-state index in [1.54, 1.807) is 17.0 Å². The number of aromatic hydroxyl groups is 1. The molecule has 0 aromatic heterocycles. The normalized spacial score (nSPS) is 14.8. The van der Waals surface area contributed by atoms with E-state index in [0.717, 1.165) is 19.3 Å². The summed E-state index contributed by atoms with van der Waals surface area (Å²) in [5, 5.41) is 18.8. The highest BCUT2D eigenvalue weighted by atomic mass is 16.5. The summed E-state index contributed by atoms with van der Waals surface area (Å²) in [5.41, 5.74) is 0.415. The van der Waals surface area contributed by atoms with Gasteiger partial charge in [0.05, 0.1) is 13.7 Å². The summed E-state index contributed by atoms with van der Waals surface area (Å²) in [6, 6.07) is 4.82. The molecule has 1 aromatic rings. The van der Waals surface area contributed by atoms with Gasteiger partial charge >= 0.3 is 0 Å². The molecule has 0 atom stereocenters. The van der Waals surface area contributed by atoms with Crippen LogP contribution in [-0.4, -0.2) is 47.3 Å². The van der Waals surface area contributed by atoms with Crippen molar-refractivity contribution in [3.63, 3.8) is 0 Å². The largest absolute Gasteiger partial charge is 0.504 e. The van der Waals surface area contributed by atoms with Crippen molar-refractivity contribution in [2.45, 2.75) is 25.3 Å². The van der Waals surface area contributed by atoms with Gasteiger partial charge in [-0.2, -0.15) is 0 Å². The van der Waals surface area contributed by atoms with Crippen molar-refractivity contribution in [3.8, 4) is 11.5 Å². The van der Waals surface area contributed by atoms with Crippen LogP contribution in [0.25, 0.3) is 0 Å². The van der Waals surface area contributed by atoms with E-state index in [9.17, 15) is 9.90 Å². The van der Waals surface area contributed by atoms with Gasteiger partial charge in [-0.15, -0.1) is 0 Å². The molecule has 0 radical (unpaired) electrons. The standard InChI is InChI=1S/C14H19NO4/c1-19-13-6-5-10(9-12(13)17)14(18)15(7-8-16)11-3-2-4-11/h5-6,9,11,16-17H,2-4,7-8H2,1H3. The Labute approximate surface area is 112 Å². The fraction of sp³-hybridized carbons (Fsp3) is 0.500. The van der Waals surface area contributed by atoms with Gasteiger partial charge in [0.15, 0.2) is 11.5 Å². The molecule has 2 N–H and O–H groups in total. The Morgan fingerprint density at radius 3 is 2.68 bits per heavy atom. The Bertz CT molecular complexity index is 457. The molecule has 0 bridgehead atoms. The van der Waals surface area contributed by atoms with Crippen molar-refractivity contribution in [1.82, 2.24) is 4.90 Å². The van der Waals surface area contributed by atoms with Crippen molar-refractivity contribution >= 4 is 5.91 Å². The van der Waals surface area contributed by atoms with E-state index < -0.39 is 0 Å². The maximum absolute atomic E-state index is 12.4. The zero-order valence-corrected chi connectivity index (χ0v) is 11.0. The van der Waals surface area contributed by atoms with Crippen LogP contribution in [0.2, 0.25) is 0 Å². The van der Waals surface area contributed by atoms with Crippen LogP contribution in [-0.2, 0) is 0 Å². The number of nitrogens with zero attached hydrogens (tertiary/aromatic N) is 1. The predicted octanol–water partition coefficient (Wildman–Crippen LogP) is 1.39. The van der Waals surface area contributed by atoms with Gasteiger partial charge in [0, 0.05) is 18.2 Å². The first-order valence-corrected chi connectivity index (χ1v) is 6.46. The van der Waals surface area contributed by atoms with E-state index >= 15 is 0 Å². The maximum Gasteiger partial charge on any atom is 0.254 e. The van der Waals surface area contributed by atoms with Crippen molar-refractivity contribution in [2.75, 3.05) is 20.3 Å². The minimum atomic E-state index is -0.156. The van der Waals surface area contributed by atoms with Gasteiger partial charge in [-0.05, 0) is 37.5 Å². The lowest BCUT2D eigenvalue weighted by molar-refractivity contribution is 0.0525. The SMILES string of the molecule is COc1ccc(C(=O)N(CCO)C2CCC2)cc1O. The number of amides is 1. The highest BCUT2D eigenvalue weighted by molar-refractivity contribution is 5.95. The Morgan fingerprint density at radius 1 is 1.47 bits per heavy atom. The van der Waals surface area contributed by atoms with Crippen molar-refractivity contribution in [1.29, 1.82) is 0 Å². The number of hydrogen-bond donors (Lipinski definition) is 2. The average molecular weight is 265 g/mol. The van der Waals surface area contributed by atoms with Gasteiger partial charge in [-0.3, -0.25) is 4.79 Å². The highest BCUT2D eigenvalue weighted by Crippen LogP contribution is 2.29. The highest BCUT2D eigenvalue weighted by Gasteiger charge is 2.29. The van der Waals surface area contributed by atoms with Crippen LogP contribution in [0, 0.1) is 0 Å². The van der Waals surface area contributed by atoms with Crippen molar-refractivity contribution < 1.29 is 19.7 Å². The topological polar surface area (TPSA) is 70.0 Å². The molecule has 0 unspecified atom stereocenters. The third-order valence-electron chi connectivity index (χ3n) is 3.54. The van der Waals surface area contributed by atoms with Crippen LogP contribution in [0.3, 0.4) is 0 Å². The summed E-state index contributed by atoms with van der Waals surface area (Å²) in [4.78, 5) is 14.1. The van der Waals surface area contributed by atoms with Crippen LogP contribution < -0.4 is 4.74 Å². The van der Waals surface area contributed by atoms with Gasteiger partial charge in [-0.25, -0.2) is 0 Å². The number of carbonyl (C=O) groups excluding carboxylic acids is 1. The number of phenols is 1. The van der Waals surface area contributed by atoms with E-state index in [0.29, 0.717) is 17.9 Å². The number of phenolic OH excluding ortho intramolecular Hbond substituents is 1. The molecule has 1 saturated carbocycles. The molecule has 1 aromatic carbocycles. The molecule has 104 valence electrons. The van der Waals surface area contributed by atoms with Gasteiger partial charge in [0.25, 0.3) is 5.91 Å². The molecule has 1 aliphatic rings.